The van der Waals surface area contributed by atoms with Crippen LogP contribution in [-0.2, 0) is 21.1 Å². The highest BCUT2D eigenvalue weighted by molar-refractivity contribution is 8.15. The fourth-order valence-corrected chi connectivity index (χ4v) is 9.55. The fourth-order valence-electron chi connectivity index (χ4n) is 5.56. The number of amidine groups is 1. The molecular formula is C21H26N2O3S2. The number of hydrogen-bond donors (Lipinski definition) is 0. The monoisotopic (exact) mass is 418 g/mol. The molecule has 2 heterocycles. The number of sulfone groups is 1. The first-order valence-electron chi connectivity index (χ1n) is 10.2. The first-order chi connectivity index (χ1) is 13.4. The lowest BCUT2D eigenvalue weighted by atomic mass is 9.93. The van der Waals surface area contributed by atoms with Gasteiger partial charge in [-0.25, -0.2) is 8.42 Å². The normalized spacial score (nSPS) is 37.0. The number of thioether (sulfide) groups is 1. The van der Waals surface area contributed by atoms with E-state index in [1.807, 2.05) is 31.2 Å². The maximum Gasteiger partial charge on any atom is 0.252 e. The number of benzene rings is 1. The molecule has 5 rings (SSSR count). The lowest BCUT2D eigenvalue weighted by molar-refractivity contribution is -0.117. The van der Waals surface area contributed by atoms with E-state index in [4.69, 9.17) is 0 Å². The number of amides is 1. The number of aryl methyl sites for hydroxylation is 1. The van der Waals surface area contributed by atoms with Crippen molar-refractivity contribution < 1.29 is 13.2 Å². The van der Waals surface area contributed by atoms with Crippen LogP contribution in [0.2, 0.25) is 0 Å². The number of hydrogen-bond acceptors (Lipinski definition) is 4. The molecule has 0 spiro atoms. The van der Waals surface area contributed by atoms with Crippen molar-refractivity contribution >= 4 is 32.7 Å². The summed E-state index contributed by atoms with van der Waals surface area (Å²) in [6, 6.07) is 8.33. The summed E-state index contributed by atoms with van der Waals surface area (Å²) in [5, 5.41) is 0.801. The fraction of sp³-hybridized carbons (Fsp3) is 0.619. The van der Waals surface area contributed by atoms with Crippen LogP contribution in [0.25, 0.3) is 0 Å². The molecule has 28 heavy (non-hydrogen) atoms. The van der Waals surface area contributed by atoms with Crippen molar-refractivity contribution in [2.75, 3.05) is 11.5 Å². The average Bonchev–Trinajstić information content (AvgIpc) is 3.36. The molecule has 150 valence electrons. The summed E-state index contributed by atoms with van der Waals surface area (Å²) in [6.45, 7) is 2.03. The first-order valence-corrected chi connectivity index (χ1v) is 12.9. The van der Waals surface area contributed by atoms with Crippen molar-refractivity contribution in [3.8, 4) is 0 Å². The summed E-state index contributed by atoms with van der Waals surface area (Å²) in [5.74, 6) is 1.68. The molecule has 4 fully saturated rings. The molecule has 0 N–H and O–H groups in total. The molecule has 2 saturated carbocycles. The Hall–Kier alpha value is -1.34. The Morgan fingerprint density at radius 3 is 2.61 bits per heavy atom. The number of rotatable bonds is 3. The molecular weight excluding hydrogens is 392 g/mol. The van der Waals surface area contributed by atoms with E-state index in [0.717, 1.165) is 23.1 Å². The first kappa shape index (κ1) is 18.7. The molecule has 2 aliphatic carbocycles. The predicted octanol–water partition coefficient (Wildman–Crippen LogP) is 2.82. The van der Waals surface area contributed by atoms with Gasteiger partial charge >= 0.3 is 0 Å². The summed E-state index contributed by atoms with van der Waals surface area (Å²) in [7, 11) is -2.99. The van der Waals surface area contributed by atoms with Gasteiger partial charge in [-0.1, -0.05) is 48.0 Å². The third-order valence-corrected chi connectivity index (χ3v) is 10.1. The molecule has 2 bridgehead atoms. The zero-order valence-corrected chi connectivity index (χ0v) is 17.7. The van der Waals surface area contributed by atoms with E-state index in [2.05, 4.69) is 9.89 Å². The lowest BCUT2D eigenvalue weighted by Crippen LogP contribution is -2.47. The third kappa shape index (κ3) is 3.41. The van der Waals surface area contributed by atoms with E-state index < -0.39 is 9.84 Å². The molecule has 5 atom stereocenters. The van der Waals surface area contributed by atoms with Gasteiger partial charge in [0.25, 0.3) is 5.91 Å². The number of aliphatic imine (C=N–C) groups is 1. The van der Waals surface area contributed by atoms with E-state index in [1.54, 1.807) is 0 Å². The second-order valence-corrected chi connectivity index (χ2v) is 12.3. The van der Waals surface area contributed by atoms with Gasteiger partial charge < -0.3 is 4.90 Å². The van der Waals surface area contributed by atoms with Crippen LogP contribution in [0, 0.1) is 18.8 Å². The van der Waals surface area contributed by atoms with Gasteiger partial charge in [-0.15, -0.1) is 0 Å². The Kier molecular flexibility index (Phi) is 4.58. The SMILES string of the molecule is Cc1ccc(CC(=O)N=C2S[C@@H]3CS(=O)(=O)C[C@H]3N2[C@@H]2C[C@@H]3CC[C@@H]2C3)cc1. The Labute approximate surface area is 170 Å². The molecule has 4 aliphatic rings. The van der Waals surface area contributed by atoms with E-state index in [0.29, 0.717) is 18.4 Å². The zero-order valence-electron chi connectivity index (χ0n) is 16.1. The number of carbonyl (C=O) groups is 1. The molecule has 1 aromatic rings. The molecule has 0 aromatic heterocycles. The highest BCUT2D eigenvalue weighted by atomic mass is 32.2. The van der Waals surface area contributed by atoms with Gasteiger partial charge in [-0.2, -0.15) is 4.99 Å². The van der Waals surface area contributed by atoms with Crippen molar-refractivity contribution in [2.24, 2.45) is 16.8 Å². The summed E-state index contributed by atoms with van der Waals surface area (Å²) in [6.07, 6.45) is 5.20. The van der Waals surface area contributed by atoms with Gasteiger partial charge in [0.15, 0.2) is 15.0 Å². The second kappa shape index (κ2) is 6.87. The number of carbonyl (C=O) groups excluding carboxylic acids is 1. The van der Waals surface area contributed by atoms with Gasteiger partial charge in [-0.05, 0) is 43.6 Å². The Morgan fingerprint density at radius 2 is 1.93 bits per heavy atom. The van der Waals surface area contributed by atoms with E-state index in [-0.39, 0.29) is 28.7 Å². The summed E-state index contributed by atoms with van der Waals surface area (Å²) < 4.78 is 24.4. The second-order valence-electron chi connectivity index (χ2n) is 8.90. The molecule has 1 aromatic carbocycles. The predicted molar refractivity (Wildman–Crippen MR) is 112 cm³/mol. The van der Waals surface area contributed by atoms with Gasteiger partial charge in [0.2, 0.25) is 0 Å². The van der Waals surface area contributed by atoms with Crippen LogP contribution in [0.3, 0.4) is 0 Å². The summed E-state index contributed by atoms with van der Waals surface area (Å²) in [4.78, 5) is 19.4. The number of fused-ring (bicyclic) bond motifs is 3. The zero-order chi connectivity index (χ0) is 19.5. The number of nitrogens with zero attached hydrogens (tertiary/aromatic N) is 2. The molecule has 5 nitrogen and oxygen atoms in total. The smallest absolute Gasteiger partial charge is 0.252 e. The van der Waals surface area contributed by atoms with Crippen molar-refractivity contribution in [1.29, 1.82) is 0 Å². The third-order valence-electron chi connectivity index (χ3n) is 6.86. The van der Waals surface area contributed by atoms with Gasteiger partial charge in [0.05, 0.1) is 24.0 Å². The van der Waals surface area contributed by atoms with Crippen LogP contribution < -0.4 is 0 Å². The molecule has 1 amide bonds. The van der Waals surface area contributed by atoms with E-state index in [9.17, 15) is 13.2 Å². The van der Waals surface area contributed by atoms with Gasteiger partial charge in [0, 0.05) is 11.3 Å². The van der Waals surface area contributed by atoms with Crippen molar-refractivity contribution in [3.05, 3.63) is 35.4 Å². The highest BCUT2D eigenvalue weighted by Crippen LogP contribution is 2.51. The summed E-state index contributed by atoms with van der Waals surface area (Å²) in [5.41, 5.74) is 2.14. The van der Waals surface area contributed by atoms with Gasteiger partial charge in [-0.3, -0.25) is 4.79 Å². The van der Waals surface area contributed by atoms with E-state index in [1.165, 1.54) is 36.6 Å². The standard InChI is InChI=1S/C21H26N2O3S2/c1-13-2-4-14(5-3-13)10-20(24)22-21-23(17-9-15-6-7-16(17)8-15)18-11-28(25,26)12-19(18)27-21/h2-5,15-19H,6-12H2,1H3/t15-,16-,17-,18-,19-/m1/s1. The van der Waals surface area contributed by atoms with Crippen molar-refractivity contribution in [3.63, 3.8) is 0 Å². The van der Waals surface area contributed by atoms with Crippen LogP contribution in [0.1, 0.15) is 36.8 Å². The largest absolute Gasteiger partial charge is 0.343 e. The molecule has 0 radical (unpaired) electrons. The minimum atomic E-state index is -2.99. The molecule has 2 aliphatic heterocycles. The van der Waals surface area contributed by atoms with Crippen LogP contribution in [-0.4, -0.2) is 53.2 Å². The van der Waals surface area contributed by atoms with Crippen LogP contribution in [0.15, 0.2) is 29.3 Å². The minimum Gasteiger partial charge on any atom is -0.343 e. The lowest BCUT2D eigenvalue weighted by Gasteiger charge is -2.36. The molecule has 7 heteroatoms. The Bertz CT molecular complexity index is 925. The van der Waals surface area contributed by atoms with Crippen LogP contribution >= 0.6 is 11.8 Å². The van der Waals surface area contributed by atoms with Crippen molar-refractivity contribution in [1.82, 2.24) is 4.90 Å². The van der Waals surface area contributed by atoms with E-state index >= 15 is 0 Å². The Morgan fingerprint density at radius 1 is 1.14 bits per heavy atom. The van der Waals surface area contributed by atoms with Gasteiger partial charge in [0.1, 0.15) is 0 Å². The maximum absolute atomic E-state index is 12.7. The minimum absolute atomic E-state index is 0.00900. The maximum atomic E-state index is 12.7. The quantitative estimate of drug-likeness (QED) is 0.755. The topological polar surface area (TPSA) is 66.8 Å². The van der Waals surface area contributed by atoms with Crippen molar-refractivity contribution in [2.45, 2.75) is 56.4 Å². The Balaban J connectivity index is 1.40. The molecule has 2 saturated heterocycles. The average molecular weight is 419 g/mol. The highest BCUT2D eigenvalue weighted by Gasteiger charge is 2.54. The van der Waals surface area contributed by atoms with Crippen LogP contribution in [0.4, 0.5) is 0 Å². The van der Waals surface area contributed by atoms with Crippen LogP contribution in [0.5, 0.6) is 0 Å². The molecule has 0 unspecified atom stereocenters. The summed E-state index contributed by atoms with van der Waals surface area (Å²) >= 11 is 1.52.